The highest BCUT2D eigenvalue weighted by Gasteiger charge is 2.33. The first-order chi connectivity index (χ1) is 6.27. The maximum absolute atomic E-state index is 11.3. The van der Waals surface area contributed by atoms with Crippen LogP contribution in [0.4, 0.5) is 0 Å². The van der Waals surface area contributed by atoms with Crippen molar-refractivity contribution < 1.29 is 4.79 Å². The lowest BCUT2D eigenvalue weighted by Crippen LogP contribution is -2.32. The van der Waals surface area contributed by atoms with Crippen LogP contribution in [-0.4, -0.2) is 37.5 Å². The van der Waals surface area contributed by atoms with E-state index in [1.54, 1.807) is 0 Å². The molecule has 0 aliphatic carbocycles. The molecule has 0 aromatic heterocycles. The van der Waals surface area contributed by atoms with Gasteiger partial charge in [-0.3, -0.25) is 4.79 Å². The summed E-state index contributed by atoms with van der Waals surface area (Å²) >= 11 is 0. The molecule has 0 aromatic rings. The third-order valence-corrected chi connectivity index (χ3v) is 3.42. The number of nitrogens with zero attached hydrogens (tertiary/aromatic N) is 1. The molecule has 1 atom stereocenters. The molecule has 3 nitrogen and oxygen atoms in total. The molecule has 0 saturated carbocycles. The van der Waals surface area contributed by atoms with E-state index in [1.807, 2.05) is 11.9 Å². The first-order valence-electron chi connectivity index (χ1n) is 5.22. The van der Waals surface area contributed by atoms with Gasteiger partial charge in [-0.1, -0.05) is 0 Å². The highest BCUT2D eigenvalue weighted by atomic mass is 16.2. The van der Waals surface area contributed by atoms with Gasteiger partial charge in [0.05, 0.1) is 0 Å². The van der Waals surface area contributed by atoms with Crippen LogP contribution in [0.25, 0.3) is 0 Å². The van der Waals surface area contributed by atoms with Gasteiger partial charge in [0.15, 0.2) is 0 Å². The Kier molecular flexibility index (Phi) is 2.54. The fourth-order valence-corrected chi connectivity index (χ4v) is 2.53. The van der Waals surface area contributed by atoms with Crippen molar-refractivity contribution in [2.75, 3.05) is 26.7 Å². The Morgan fingerprint density at radius 2 is 2.00 bits per heavy atom. The molecule has 74 valence electrons. The second-order valence-corrected chi connectivity index (χ2v) is 4.33. The number of carbonyl (C=O) groups is 1. The zero-order valence-electron chi connectivity index (χ0n) is 8.25. The maximum Gasteiger partial charge on any atom is 0.222 e. The predicted molar refractivity (Wildman–Crippen MR) is 51.3 cm³/mol. The van der Waals surface area contributed by atoms with E-state index >= 15 is 0 Å². The van der Waals surface area contributed by atoms with Gasteiger partial charge in [0.25, 0.3) is 0 Å². The molecule has 0 unspecified atom stereocenters. The molecule has 1 N–H and O–H groups in total. The van der Waals surface area contributed by atoms with Crippen molar-refractivity contribution in [1.82, 2.24) is 10.2 Å². The van der Waals surface area contributed by atoms with E-state index in [-0.39, 0.29) is 0 Å². The van der Waals surface area contributed by atoms with Gasteiger partial charge in [0, 0.05) is 20.0 Å². The van der Waals surface area contributed by atoms with Gasteiger partial charge >= 0.3 is 0 Å². The Morgan fingerprint density at radius 1 is 1.31 bits per heavy atom. The van der Waals surface area contributed by atoms with Crippen molar-refractivity contribution in [2.45, 2.75) is 19.3 Å². The van der Waals surface area contributed by atoms with E-state index < -0.39 is 0 Å². The maximum atomic E-state index is 11.3. The number of hydrogen-bond acceptors (Lipinski definition) is 2. The largest absolute Gasteiger partial charge is 0.345 e. The monoisotopic (exact) mass is 182 g/mol. The number of carbonyl (C=O) groups excluding carboxylic acids is 1. The zero-order valence-corrected chi connectivity index (χ0v) is 8.25. The average molecular weight is 182 g/mol. The van der Waals surface area contributed by atoms with Gasteiger partial charge in [-0.05, 0) is 37.8 Å². The summed E-state index contributed by atoms with van der Waals surface area (Å²) in [4.78, 5) is 13.2. The van der Waals surface area contributed by atoms with Crippen molar-refractivity contribution in [2.24, 2.45) is 11.8 Å². The first-order valence-corrected chi connectivity index (χ1v) is 5.22. The van der Waals surface area contributed by atoms with Crippen molar-refractivity contribution in [3.63, 3.8) is 0 Å². The molecule has 2 aliphatic rings. The van der Waals surface area contributed by atoms with Crippen molar-refractivity contribution in [1.29, 1.82) is 0 Å². The molecule has 0 bridgehead atoms. The summed E-state index contributed by atoms with van der Waals surface area (Å²) in [6.07, 6.45) is 3.30. The van der Waals surface area contributed by atoms with Crippen molar-refractivity contribution >= 4 is 5.91 Å². The summed E-state index contributed by atoms with van der Waals surface area (Å²) in [7, 11) is 1.92. The first kappa shape index (κ1) is 9.00. The Labute approximate surface area is 79.5 Å². The number of amides is 1. The second kappa shape index (κ2) is 3.66. The molecule has 1 amide bonds. The van der Waals surface area contributed by atoms with Crippen LogP contribution in [0, 0.1) is 11.8 Å². The van der Waals surface area contributed by atoms with Crippen LogP contribution < -0.4 is 5.32 Å². The molecule has 0 radical (unpaired) electrons. The van der Waals surface area contributed by atoms with Gasteiger partial charge in [-0.15, -0.1) is 0 Å². The number of rotatable bonds is 1. The van der Waals surface area contributed by atoms with Crippen molar-refractivity contribution in [3.05, 3.63) is 0 Å². The fraction of sp³-hybridized carbons (Fsp3) is 0.900. The van der Waals surface area contributed by atoms with Crippen LogP contribution in [0.1, 0.15) is 19.3 Å². The zero-order chi connectivity index (χ0) is 9.26. The molecule has 0 aromatic carbocycles. The number of piperidine rings is 1. The van der Waals surface area contributed by atoms with Crippen LogP contribution >= 0.6 is 0 Å². The van der Waals surface area contributed by atoms with Crippen LogP contribution in [0.3, 0.4) is 0 Å². The van der Waals surface area contributed by atoms with Gasteiger partial charge in [-0.2, -0.15) is 0 Å². The molecular formula is C10H18N2O. The molecule has 0 spiro atoms. The van der Waals surface area contributed by atoms with Gasteiger partial charge in [-0.25, -0.2) is 0 Å². The number of hydrogen-bond donors (Lipinski definition) is 1. The van der Waals surface area contributed by atoms with E-state index in [2.05, 4.69) is 5.32 Å². The minimum Gasteiger partial charge on any atom is -0.345 e. The topological polar surface area (TPSA) is 32.3 Å². The quantitative estimate of drug-likeness (QED) is 0.639. The lowest BCUT2D eigenvalue weighted by molar-refractivity contribution is -0.126. The van der Waals surface area contributed by atoms with Crippen molar-refractivity contribution in [3.8, 4) is 0 Å². The fourth-order valence-electron chi connectivity index (χ4n) is 2.53. The Balaban J connectivity index is 1.90. The van der Waals surface area contributed by atoms with E-state index in [1.165, 1.54) is 12.8 Å². The minimum atomic E-state index is 0.337. The summed E-state index contributed by atoms with van der Waals surface area (Å²) in [5, 5.41) is 3.36. The van der Waals surface area contributed by atoms with Crippen LogP contribution in [-0.2, 0) is 4.79 Å². The predicted octanol–water partition coefficient (Wildman–Crippen LogP) is 0.464. The number of nitrogens with one attached hydrogen (secondary N) is 1. The standard InChI is InChI=1S/C10H18N2O/c1-12-7-9(6-10(12)13)8-2-4-11-5-3-8/h8-9,11H,2-7H2,1H3/t9-/m0/s1. The molecule has 2 aliphatic heterocycles. The molecule has 13 heavy (non-hydrogen) atoms. The third kappa shape index (κ3) is 1.85. The van der Waals surface area contributed by atoms with Crippen LogP contribution in [0.5, 0.6) is 0 Å². The Morgan fingerprint density at radius 3 is 2.54 bits per heavy atom. The lowest BCUT2D eigenvalue weighted by Gasteiger charge is -2.27. The molecule has 2 rings (SSSR count). The molecular weight excluding hydrogens is 164 g/mol. The molecule has 2 heterocycles. The van der Waals surface area contributed by atoms with E-state index in [0.717, 1.165) is 32.0 Å². The van der Waals surface area contributed by atoms with Gasteiger partial charge < -0.3 is 10.2 Å². The summed E-state index contributed by atoms with van der Waals surface area (Å²) in [5.41, 5.74) is 0. The highest BCUT2D eigenvalue weighted by Crippen LogP contribution is 2.29. The van der Waals surface area contributed by atoms with E-state index in [9.17, 15) is 4.79 Å². The van der Waals surface area contributed by atoms with Gasteiger partial charge in [0.2, 0.25) is 5.91 Å². The smallest absolute Gasteiger partial charge is 0.222 e. The number of likely N-dealkylation sites (tertiary alicyclic amines) is 1. The van der Waals surface area contributed by atoms with Gasteiger partial charge in [0.1, 0.15) is 0 Å². The summed E-state index contributed by atoms with van der Waals surface area (Å²) in [6.45, 7) is 3.27. The molecule has 2 fully saturated rings. The molecule has 3 heteroatoms. The minimum absolute atomic E-state index is 0.337. The Bertz CT molecular complexity index is 199. The van der Waals surface area contributed by atoms with Crippen LogP contribution in [0.15, 0.2) is 0 Å². The summed E-state index contributed by atoms with van der Waals surface area (Å²) in [5.74, 6) is 1.76. The lowest BCUT2D eigenvalue weighted by atomic mass is 9.84. The second-order valence-electron chi connectivity index (χ2n) is 4.33. The molecule has 2 saturated heterocycles. The van der Waals surface area contributed by atoms with E-state index in [4.69, 9.17) is 0 Å². The highest BCUT2D eigenvalue weighted by molar-refractivity contribution is 5.78. The Hall–Kier alpha value is -0.570. The SMILES string of the molecule is CN1C[C@@H](C2CCNCC2)CC1=O. The third-order valence-electron chi connectivity index (χ3n) is 3.42. The summed E-state index contributed by atoms with van der Waals surface area (Å²) in [6, 6.07) is 0. The normalized spacial score (nSPS) is 31.3. The average Bonchev–Trinajstić information content (AvgIpc) is 2.49. The summed E-state index contributed by atoms with van der Waals surface area (Å²) < 4.78 is 0. The van der Waals surface area contributed by atoms with E-state index in [0.29, 0.717) is 11.8 Å². The van der Waals surface area contributed by atoms with Crippen LogP contribution in [0.2, 0.25) is 0 Å².